The molecule has 0 spiro atoms. The summed E-state index contributed by atoms with van der Waals surface area (Å²) in [4.78, 5) is 14.7. The Labute approximate surface area is 128 Å². The number of hydrogen-bond donors (Lipinski definition) is 1. The molecule has 2 rings (SSSR count). The molecule has 0 atom stereocenters. The Hall–Kier alpha value is -1.35. The first kappa shape index (κ1) is 16.0. The quantitative estimate of drug-likeness (QED) is 0.923. The summed E-state index contributed by atoms with van der Waals surface area (Å²) in [6, 6.07) is 6.55. The van der Waals surface area contributed by atoms with Crippen molar-refractivity contribution in [1.29, 1.82) is 0 Å². The lowest BCUT2D eigenvalue weighted by molar-refractivity contribution is 0.0929. The van der Waals surface area contributed by atoms with Crippen LogP contribution in [0.4, 0.5) is 0 Å². The Balaban J connectivity index is 1.81. The number of nitrogens with one attached hydrogen (secondary N) is 1. The largest absolute Gasteiger partial charge is 0.352 e. The minimum atomic E-state index is 0.0596. The van der Waals surface area contributed by atoms with E-state index in [-0.39, 0.29) is 5.91 Å². The van der Waals surface area contributed by atoms with Crippen molar-refractivity contribution < 1.29 is 4.79 Å². The van der Waals surface area contributed by atoms with Crippen molar-refractivity contribution in [3.63, 3.8) is 0 Å². The zero-order chi connectivity index (χ0) is 15.4. The molecule has 1 fully saturated rings. The van der Waals surface area contributed by atoms with Crippen molar-refractivity contribution in [3.8, 4) is 0 Å². The first-order valence-electron chi connectivity index (χ1n) is 8.07. The normalized spacial score (nSPS) is 17.2. The molecule has 0 unspecified atom stereocenters. The number of nitrogens with zero attached hydrogens (tertiary/aromatic N) is 1. The second-order valence-corrected chi connectivity index (χ2v) is 6.58. The summed E-state index contributed by atoms with van der Waals surface area (Å²) >= 11 is 0. The van der Waals surface area contributed by atoms with E-state index in [9.17, 15) is 4.79 Å². The van der Waals surface area contributed by atoms with Gasteiger partial charge in [-0.2, -0.15) is 0 Å². The van der Waals surface area contributed by atoms with Crippen LogP contribution in [-0.4, -0.2) is 36.5 Å². The van der Waals surface area contributed by atoms with Crippen LogP contribution in [0.3, 0.4) is 0 Å². The fourth-order valence-electron chi connectivity index (χ4n) is 2.90. The van der Waals surface area contributed by atoms with Crippen molar-refractivity contribution in [1.82, 2.24) is 10.2 Å². The van der Waals surface area contributed by atoms with E-state index in [1.54, 1.807) is 0 Å². The minimum absolute atomic E-state index is 0.0596. The monoisotopic (exact) mass is 288 g/mol. The maximum absolute atomic E-state index is 12.2. The molecule has 1 amide bonds. The number of carbonyl (C=O) groups excluding carboxylic acids is 1. The molecular weight excluding hydrogens is 260 g/mol. The third kappa shape index (κ3) is 4.31. The molecule has 1 heterocycles. The molecule has 116 valence electrons. The fourth-order valence-corrected chi connectivity index (χ4v) is 2.90. The maximum Gasteiger partial charge on any atom is 0.251 e. The maximum atomic E-state index is 12.2. The van der Waals surface area contributed by atoms with Gasteiger partial charge in [0.05, 0.1) is 0 Å². The van der Waals surface area contributed by atoms with Crippen molar-refractivity contribution in [2.45, 2.75) is 46.6 Å². The van der Waals surface area contributed by atoms with Gasteiger partial charge >= 0.3 is 0 Å². The van der Waals surface area contributed by atoms with Gasteiger partial charge in [-0.15, -0.1) is 0 Å². The van der Waals surface area contributed by atoms with Crippen molar-refractivity contribution in [3.05, 3.63) is 34.9 Å². The summed E-state index contributed by atoms with van der Waals surface area (Å²) in [5, 5.41) is 3.10. The molecule has 21 heavy (non-hydrogen) atoms. The summed E-state index contributed by atoms with van der Waals surface area (Å²) in [6.45, 7) is 11.7. The molecule has 1 saturated heterocycles. The van der Waals surface area contributed by atoms with Gasteiger partial charge in [-0.1, -0.05) is 6.07 Å². The third-order valence-electron chi connectivity index (χ3n) is 4.70. The van der Waals surface area contributed by atoms with E-state index >= 15 is 0 Å². The molecule has 3 nitrogen and oxygen atoms in total. The van der Waals surface area contributed by atoms with Gasteiger partial charge in [-0.05, 0) is 82.8 Å². The van der Waals surface area contributed by atoms with Crippen LogP contribution >= 0.6 is 0 Å². The van der Waals surface area contributed by atoms with Gasteiger partial charge in [0, 0.05) is 18.2 Å². The molecule has 1 aliphatic heterocycles. The highest BCUT2D eigenvalue weighted by Gasteiger charge is 2.21. The van der Waals surface area contributed by atoms with E-state index in [1.807, 2.05) is 25.1 Å². The van der Waals surface area contributed by atoms with E-state index in [4.69, 9.17) is 0 Å². The van der Waals surface area contributed by atoms with Crippen LogP contribution in [-0.2, 0) is 0 Å². The van der Waals surface area contributed by atoms with Gasteiger partial charge in [0.1, 0.15) is 0 Å². The Kier molecular flexibility index (Phi) is 5.40. The van der Waals surface area contributed by atoms with Crippen LogP contribution in [0.15, 0.2) is 18.2 Å². The number of carbonyl (C=O) groups is 1. The van der Waals surface area contributed by atoms with E-state index in [0.717, 1.165) is 25.2 Å². The van der Waals surface area contributed by atoms with Crippen LogP contribution in [0.1, 0.15) is 48.2 Å². The second kappa shape index (κ2) is 7.08. The number of amides is 1. The fraction of sp³-hybridized carbons (Fsp3) is 0.611. The predicted octanol–water partition coefficient (Wildman–Crippen LogP) is 3.15. The number of benzene rings is 1. The standard InChI is InChI=1S/C18H28N2O/c1-13(2)20-9-7-16(8-10-20)12-19-18(21)17-6-5-14(3)15(4)11-17/h5-6,11,13,16H,7-10,12H2,1-4H3,(H,19,21). The highest BCUT2D eigenvalue weighted by atomic mass is 16.1. The number of likely N-dealkylation sites (tertiary alicyclic amines) is 1. The molecule has 0 aliphatic carbocycles. The van der Waals surface area contributed by atoms with E-state index in [0.29, 0.717) is 12.0 Å². The van der Waals surface area contributed by atoms with Crippen LogP contribution in [0.2, 0.25) is 0 Å². The van der Waals surface area contributed by atoms with Crippen LogP contribution in [0, 0.1) is 19.8 Å². The predicted molar refractivity (Wildman–Crippen MR) is 87.7 cm³/mol. The minimum Gasteiger partial charge on any atom is -0.352 e. The van der Waals surface area contributed by atoms with Crippen LogP contribution in [0.25, 0.3) is 0 Å². The van der Waals surface area contributed by atoms with Crippen molar-refractivity contribution in [2.24, 2.45) is 5.92 Å². The third-order valence-corrected chi connectivity index (χ3v) is 4.70. The summed E-state index contributed by atoms with van der Waals surface area (Å²) in [6.07, 6.45) is 2.37. The number of aryl methyl sites for hydroxylation is 2. The Morgan fingerprint density at radius 2 is 1.90 bits per heavy atom. The van der Waals surface area contributed by atoms with Crippen LogP contribution in [0.5, 0.6) is 0 Å². The van der Waals surface area contributed by atoms with Gasteiger partial charge in [0.2, 0.25) is 0 Å². The molecule has 0 aromatic heterocycles. The smallest absolute Gasteiger partial charge is 0.251 e. The summed E-state index contributed by atoms with van der Waals surface area (Å²) in [7, 11) is 0. The number of hydrogen-bond acceptors (Lipinski definition) is 2. The van der Waals surface area contributed by atoms with Crippen LogP contribution < -0.4 is 5.32 Å². The second-order valence-electron chi connectivity index (χ2n) is 6.58. The Morgan fingerprint density at radius 1 is 1.24 bits per heavy atom. The zero-order valence-corrected chi connectivity index (χ0v) is 13.8. The number of piperidine rings is 1. The van der Waals surface area contributed by atoms with Gasteiger partial charge in [0.15, 0.2) is 0 Å². The summed E-state index contributed by atoms with van der Waals surface area (Å²) < 4.78 is 0. The molecule has 1 aromatic carbocycles. The van der Waals surface area contributed by atoms with Gasteiger partial charge < -0.3 is 10.2 Å². The van der Waals surface area contributed by atoms with E-state index < -0.39 is 0 Å². The highest BCUT2D eigenvalue weighted by molar-refractivity contribution is 5.94. The number of rotatable bonds is 4. The summed E-state index contributed by atoms with van der Waals surface area (Å²) in [5.41, 5.74) is 3.18. The molecule has 0 bridgehead atoms. The Morgan fingerprint density at radius 3 is 2.48 bits per heavy atom. The van der Waals surface area contributed by atoms with Crippen molar-refractivity contribution >= 4 is 5.91 Å². The Bertz CT molecular complexity index is 488. The molecule has 0 saturated carbocycles. The first-order valence-corrected chi connectivity index (χ1v) is 8.07. The highest BCUT2D eigenvalue weighted by Crippen LogP contribution is 2.18. The molecule has 0 radical (unpaired) electrons. The van der Waals surface area contributed by atoms with Crippen molar-refractivity contribution in [2.75, 3.05) is 19.6 Å². The zero-order valence-electron chi connectivity index (χ0n) is 13.8. The molecule has 1 N–H and O–H groups in total. The first-order chi connectivity index (χ1) is 9.97. The van der Waals surface area contributed by atoms with Gasteiger partial charge in [-0.25, -0.2) is 0 Å². The molecule has 1 aromatic rings. The average molecular weight is 288 g/mol. The van der Waals surface area contributed by atoms with Gasteiger partial charge in [0.25, 0.3) is 5.91 Å². The lowest BCUT2D eigenvalue weighted by atomic mass is 9.96. The molecule has 3 heteroatoms. The van der Waals surface area contributed by atoms with Gasteiger partial charge in [-0.3, -0.25) is 4.79 Å². The summed E-state index contributed by atoms with van der Waals surface area (Å²) in [5.74, 6) is 0.680. The molecular formula is C18H28N2O. The lowest BCUT2D eigenvalue weighted by Gasteiger charge is -2.34. The average Bonchev–Trinajstić information content (AvgIpc) is 2.48. The molecule has 1 aliphatic rings. The van der Waals surface area contributed by atoms with E-state index in [1.165, 1.54) is 24.0 Å². The SMILES string of the molecule is Cc1ccc(C(=O)NCC2CCN(C(C)C)CC2)cc1C. The topological polar surface area (TPSA) is 32.3 Å². The van der Waals surface area contributed by atoms with E-state index in [2.05, 4.69) is 31.0 Å². The lowest BCUT2D eigenvalue weighted by Crippen LogP contribution is -2.41.